The van der Waals surface area contributed by atoms with E-state index in [1.54, 1.807) is 13.8 Å². The van der Waals surface area contributed by atoms with E-state index in [4.69, 9.17) is 16.7 Å². The molecule has 0 aliphatic rings. The Morgan fingerprint density at radius 1 is 1.61 bits per heavy atom. The van der Waals surface area contributed by atoms with E-state index in [1.807, 2.05) is 0 Å². The Morgan fingerprint density at radius 2 is 2.22 bits per heavy atom. The van der Waals surface area contributed by atoms with Crippen molar-refractivity contribution in [1.29, 1.82) is 0 Å². The van der Waals surface area contributed by atoms with Gasteiger partial charge in [0.2, 0.25) is 10.0 Å². The fourth-order valence-electron chi connectivity index (χ4n) is 1.29. The van der Waals surface area contributed by atoms with Crippen LogP contribution in [0.25, 0.3) is 0 Å². The highest BCUT2D eigenvalue weighted by molar-refractivity contribution is 7.91. The van der Waals surface area contributed by atoms with E-state index in [0.29, 0.717) is 9.90 Å². The maximum absolute atomic E-state index is 11.9. The summed E-state index contributed by atoms with van der Waals surface area (Å²) >= 11 is 6.81. The molecule has 1 unspecified atom stereocenters. The number of sulfonamides is 1. The minimum Gasteiger partial charge on any atom is -0.481 e. The summed E-state index contributed by atoms with van der Waals surface area (Å²) in [5.74, 6) is -0.948. The van der Waals surface area contributed by atoms with Crippen molar-refractivity contribution < 1.29 is 18.3 Å². The van der Waals surface area contributed by atoms with Gasteiger partial charge in [0.15, 0.2) is 0 Å². The van der Waals surface area contributed by atoms with Crippen LogP contribution in [0.15, 0.2) is 10.3 Å². The summed E-state index contributed by atoms with van der Waals surface area (Å²) in [6.45, 7) is 3.36. The first-order valence-corrected chi connectivity index (χ1v) is 7.90. The summed E-state index contributed by atoms with van der Waals surface area (Å²) in [7, 11) is -3.62. The third kappa shape index (κ3) is 4.24. The summed E-state index contributed by atoms with van der Waals surface area (Å²) in [5.41, 5.74) is 0.709. The summed E-state index contributed by atoms with van der Waals surface area (Å²) in [6.07, 6.45) is 0.167. The van der Waals surface area contributed by atoms with E-state index in [9.17, 15) is 13.2 Å². The van der Waals surface area contributed by atoms with Gasteiger partial charge >= 0.3 is 5.97 Å². The largest absolute Gasteiger partial charge is 0.481 e. The average Bonchev–Trinajstić information content (AvgIpc) is 2.56. The maximum Gasteiger partial charge on any atom is 0.303 e. The Balaban J connectivity index is 2.73. The first kappa shape index (κ1) is 15.4. The molecule has 0 saturated carbocycles. The lowest BCUT2D eigenvalue weighted by atomic mass is 10.2. The molecule has 0 saturated heterocycles. The summed E-state index contributed by atoms with van der Waals surface area (Å²) in [4.78, 5) is 10.4. The van der Waals surface area contributed by atoms with Gasteiger partial charge in [-0.2, -0.15) is 0 Å². The number of carboxylic acids is 1. The van der Waals surface area contributed by atoms with Gasteiger partial charge in [-0.25, -0.2) is 13.1 Å². The van der Waals surface area contributed by atoms with Crippen molar-refractivity contribution in [1.82, 2.24) is 4.72 Å². The Labute approximate surface area is 115 Å². The monoisotopic (exact) mass is 311 g/mol. The third-order valence-electron chi connectivity index (χ3n) is 2.25. The van der Waals surface area contributed by atoms with E-state index in [-0.39, 0.29) is 17.1 Å². The number of rotatable bonds is 6. The van der Waals surface area contributed by atoms with Gasteiger partial charge in [-0.05, 0) is 31.9 Å². The molecule has 1 rings (SSSR count). The lowest BCUT2D eigenvalue weighted by Crippen LogP contribution is -2.32. The quantitative estimate of drug-likeness (QED) is 0.844. The number of aryl methyl sites for hydroxylation is 1. The SMILES string of the molecule is Cc1cc(S(=O)(=O)NC(C)CCC(=O)O)sc1Cl. The topological polar surface area (TPSA) is 83.5 Å². The molecule has 0 bridgehead atoms. The average molecular weight is 312 g/mol. The zero-order chi connectivity index (χ0) is 13.9. The summed E-state index contributed by atoms with van der Waals surface area (Å²) in [6, 6.07) is 1.06. The number of carboxylic acid groups (broad SMARTS) is 1. The highest BCUT2D eigenvalue weighted by Gasteiger charge is 2.21. The molecule has 1 aromatic heterocycles. The van der Waals surface area contributed by atoms with Crippen molar-refractivity contribution in [2.24, 2.45) is 0 Å². The van der Waals surface area contributed by atoms with E-state index >= 15 is 0 Å². The van der Waals surface area contributed by atoms with E-state index in [0.717, 1.165) is 11.3 Å². The zero-order valence-corrected chi connectivity index (χ0v) is 12.3. The molecule has 0 amide bonds. The van der Waals surface area contributed by atoms with Crippen LogP contribution in [0.1, 0.15) is 25.3 Å². The third-order valence-corrected chi connectivity index (χ3v) is 5.87. The van der Waals surface area contributed by atoms with Crippen LogP contribution in [0, 0.1) is 6.92 Å². The summed E-state index contributed by atoms with van der Waals surface area (Å²) < 4.78 is 26.9. The number of nitrogens with one attached hydrogen (secondary N) is 1. The molecule has 2 N–H and O–H groups in total. The maximum atomic E-state index is 11.9. The molecule has 18 heavy (non-hydrogen) atoms. The van der Waals surface area contributed by atoms with Crippen LogP contribution in [0.2, 0.25) is 4.34 Å². The molecular formula is C10H14ClNO4S2. The predicted molar refractivity (Wildman–Crippen MR) is 70.7 cm³/mol. The second kappa shape index (κ2) is 6.01. The summed E-state index contributed by atoms with van der Waals surface area (Å²) in [5, 5.41) is 8.52. The minimum atomic E-state index is -3.62. The fraction of sp³-hybridized carbons (Fsp3) is 0.500. The van der Waals surface area contributed by atoms with Gasteiger partial charge in [0.1, 0.15) is 4.21 Å². The molecule has 1 heterocycles. The lowest BCUT2D eigenvalue weighted by molar-refractivity contribution is -0.137. The van der Waals surface area contributed by atoms with Gasteiger partial charge in [0.25, 0.3) is 0 Å². The molecule has 0 aliphatic carbocycles. The van der Waals surface area contributed by atoms with Gasteiger partial charge < -0.3 is 5.11 Å². The molecule has 102 valence electrons. The Kier molecular flexibility index (Phi) is 5.15. The second-order valence-electron chi connectivity index (χ2n) is 3.98. The van der Waals surface area contributed by atoms with E-state index in [1.165, 1.54) is 6.07 Å². The number of hydrogen-bond acceptors (Lipinski definition) is 4. The van der Waals surface area contributed by atoms with Crippen LogP contribution < -0.4 is 4.72 Å². The van der Waals surface area contributed by atoms with Gasteiger partial charge in [0, 0.05) is 12.5 Å². The van der Waals surface area contributed by atoms with Crippen LogP contribution in [-0.4, -0.2) is 25.5 Å². The van der Waals surface area contributed by atoms with Gasteiger partial charge in [-0.1, -0.05) is 11.6 Å². The number of thiophene rings is 1. The van der Waals surface area contributed by atoms with Crippen molar-refractivity contribution in [3.63, 3.8) is 0 Å². The molecule has 1 aromatic rings. The van der Waals surface area contributed by atoms with Crippen molar-refractivity contribution in [2.45, 2.75) is 36.9 Å². The van der Waals surface area contributed by atoms with Crippen molar-refractivity contribution in [3.8, 4) is 0 Å². The first-order valence-electron chi connectivity index (χ1n) is 5.22. The molecule has 0 aromatic carbocycles. The van der Waals surface area contributed by atoms with Crippen LogP contribution in [0.5, 0.6) is 0 Å². The Hall–Kier alpha value is -0.630. The van der Waals surface area contributed by atoms with Crippen molar-refractivity contribution >= 4 is 38.9 Å². The Bertz CT molecular complexity index is 519. The predicted octanol–water partition coefficient (Wildman–Crippen LogP) is 2.24. The molecule has 5 nitrogen and oxygen atoms in total. The zero-order valence-electron chi connectivity index (χ0n) is 9.94. The number of carbonyl (C=O) groups is 1. The normalized spacial score (nSPS) is 13.5. The van der Waals surface area contributed by atoms with Crippen LogP contribution in [0.4, 0.5) is 0 Å². The highest BCUT2D eigenvalue weighted by atomic mass is 35.5. The Morgan fingerprint density at radius 3 is 2.67 bits per heavy atom. The van der Waals surface area contributed by atoms with Crippen LogP contribution in [0.3, 0.4) is 0 Å². The number of hydrogen-bond donors (Lipinski definition) is 2. The molecule has 0 spiro atoms. The molecule has 0 radical (unpaired) electrons. The van der Waals surface area contributed by atoms with Gasteiger partial charge in [0.05, 0.1) is 4.34 Å². The van der Waals surface area contributed by atoms with E-state index in [2.05, 4.69) is 4.72 Å². The van der Waals surface area contributed by atoms with Crippen LogP contribution in [-0.2, 0) is 14.8 Å². The smallest absolute Gasteiger partial charge is 0.303 e. The molecule has 0 fully saturated rings. The molecular weight excluding hydrogens is 298 g/mol. The van der Waals surface area contributed by atoms with Gasteiger partial charge in [-0.3, -0.25) is 4.79 Å². The first-order chi connectivity index (χ1) is 8.22. The van der Waals surface area contributed by atoms with Crippen molar-refractivity contribution in [2.75, 3.05) is 0 Å². The minimum absolute atomic E-state index is 0.0755. The van der Waals surface area contributed by atoms with Crippen molar-refractivity contribution in [3.05, 3.63) is 16.0 Å². The lowest BCUT2D eigenvalue weighted by Gasteiger charge is -2.11. The molecule has 8 heteroatoms. The van der Waals surface area contributed by atoms with Crippen LogP contribution >= 0.6 is 22.9 Å². The number of halogens is 1. The highest BCUT2D eigenvalue weighted by Crippen LogP contribution is 2.30. The fourth-order valence-corrected chi connectivity index (χ4v) is 4.29. The standard InChI is InChI=1S/C10H14ClNO4S2/c1-6-5-9(17-10(6)11)18(15,16)12-7(2)3-4-8(13)14/h5,7,12H,3-4H2,1-2H3,(H,13,14). The van der Waals surface area contributed by atoms with E-state index < -0.39 is 22.0 Å². The molecule has 1 atom stereocenters. The van der Waals surface area contributed by atoms with Gasteiger partial charge in [-0.15, -0.1) is 11.3 Å². The second-order valence-corrected chi connectivity index (χ2v) is 7.57. The molecule has 0 aliphatic heterocycles. The number of aliphatic carboxylic acids is 1.